The number of rotatable bonds is 3. The van der Waals surface area contributed by atoms with Crippen LogP contribution in [0.3, 0.4) is 0 Å². The van der Waals surface area contributed by atoms with Crippen molar-refractivity contribution in [3.63, 3.8) is 0 Å². The summed E-state index contributed by atoms with van der Waals surface area (Å²) >= 11 is 1.13. The Morgan fingerprint density at radius 2 is 2.06 bits per heavy atom. The summed E-state index contributed by atoms with van der Waals surface area (Å²) < 4.78 is 26.3. The number of hydrogen-bond acceptors (Lipinski definition) is 3. The maximum atomic E-state index is 13.5. The molecular weight excluding hydrogens is 256 g/mol. The van der Waals surface area contributed by atoms with Gasteiger partial charge in [-0.3, -0.25) is 0 Å². The van der Waals surface area contributed by atoms with Gasteiger partial charge in [0.15, 0.2) is 0 Å². The van der Waals surface area contributed by atoms with Crippen molar-refractivity contribution in [1.29, 1.82) is 0 Å². The normalized spacial score (nSPS) is 10.7. The topological polar surface area (TPSA) is 33.1 Å². The highest BCUT2D eigenvalue weighted by Crippen LogP contribution is 2.30. The zero-order valence-corrected chi connectivity index (χ0v) is 10.5. The number of benzene rings is 1. The van der Waals surface area contributed by atoms with E-state index in [2.05, 4.69) is 4.98 Å². The van der Waals surface area contributed by atoms with Crippen LogP contribution in [0.15, 0.2) is 40.4 Å². The summed E-state index contributed by atoms with van der Waals surface area (Å²) in [5.41, 5.74) is 1.55. The van der Waals surface area contributed by atoms with E-state index in [1.54, 1.807) is 6.07 Å². The second-order valence-electron chi connectivity index (χ2n) is 3.80. The second kappa shape index (κ2) is 5.46. The van der Waals surface area contributed by atoms with Gasteiger partial charge < -0.3 is 5.11 Å². The summed E-state index contributed by atoms with van der Waals surface area (Å²) in [6.45, 7) is 1.75. The molecule has 1 heterocycles. The van der Waals surface area contributed by atoms with E-state index < -0.39 is 11.6 Å². The number of nitrogens with zero attached hydrogens (tertiary/aromatic N) is 1. The number of aliphatic hydroxyl groups is 1. The molecular formula is C13H11F2NOS. The van der Waals surface area contributed by atoms with Crippen LogP contribution in [0.25, 0.3) is 0 Å². The molecule has 0 aliphatic rings. The average molecular weight is 267 g/mol. The van der Waals surface area contributed by atoms with Gasteiger partial charge in [0.05, 0.1) is 6.61 Å². The van der Waals surface area contributed by atoms with Crippen LogP contribution < -0.4 is 0 Å². The molecule has 1 N–H and O–H groups in total. The molecule has 0 bridgehead atoms. The van der Waals surface area contributed by atoms with Crippen molar-refractivity contribution in [1.82, 2.24) is 4.98 Å². The van der Waals surface area contributed by atoms with E-state index in [9.17, 15) is 8.78 Å². The molecule has 0 atom stereocenters. The van der Waals surface area contributed by atoms with Crippen molar-refractivity contribution in [3.8, 4) is 0 Å². The third-order valence-electron chi connectivity index (χ3n) is 2.37. The minimum absolute atomic E-state index is 0.0797. The minimum atomic E-state index is -0.604. The first-order valence-corrected chi connectivity index (χ1v) is 6.11. The summed E-state index contributed by atoms with van der Waals surface area (Å²) in [5.74, 6) is -1.20. The largest absolute Gasteiger partial charge is 0.392 e. The van der Waals surface area contributed by atoms with E-state index in [1.807, 2.05) is 6.92 Å². The summed E-state index contributed by atoms with van der Waals surface area (Å²) in [6.07, 6.45) is 1.54. The number of aryl methyl sites for hydroxylation is 1. The SMILES string of the molecule is Cc1cc(CO)cnc1Sc1ccc(F)cc1F. The molecule has 2 nitrogen and oxygen atoms in total. The van der Waals surface area contributed by atoms with Crippen molar-refractivity contribution < 1.29 is 13.9 Å². The fourth-order valence-electron chi connectivity index (χ4n) is 1.48. The van der Waals surface area contributed by atoms with E-state index in [1.165, 1.54) is 18.3 Å². The molecule has 0 aliphatic heterocycles. The lowest BCUT2D eigenvalue weighted by molar-refractivity contribution is 0.281. The zero-order valence-electron chi connectivity index (χ0n) is 9.65. The number of aromatic nitrogens is 1. The third-order valence-corrected chi connectivity index (χ3v) is 3.54. The van der Waals surface area contributed by atoms with Gasteiger partial charge in [0.2, 0.25) is 0 Å². The van der Waals surface area contributed by atoms with Gasteiger partial charge in [-0.05, 0) is 36.2 Å². The number of hydrogen-bond donors (Lipinski definition) is 1. The molecule has 1 aromatic heterocycles. The number of pyridine rings is 1. The Balaban J connectivity index is 2.28. The molecule has 0 aliphatic carbocycles. The second-order valence-corrected chi connectivity index (χ2v) is 4.83. The van der Waals surface area contributed by atoms with E-state index in [-0.39, 0.29) is 6.61 Å². The average Bonchev–Trinajstić information content (AvgIpc) is 2.34. The van der Waals surface area contributed by atoms with Gasteiger partial charge in [0.25, 0.3) is 0 Å². The van der Waals surface area contributed by atoms with Crippen molar-refractivity contribution in [2.24, 2.45) is 0 Å². The van der Waals surface area contributed by atoms with Crippen LogP contribution in [-0.2, 0) is 6.61 Å². The molecule has 0 unspecified atom stereocenters. The van der Waals surface area contributed by atoms with Crippen LogP contribution in [0.5, 0.6) is 0 Å². The number of aliphatic hydroxyl groups excluding tert-OH is 1. The van der Waals surface area contributed by atoms with Gasteiger partial charge in [-0.25, -0.2) is 13.8 Å². The minimum Gasteiger partial charge on any atom is -0.392 e. The van der Waals surface area contributed by atoms with Crippen LogP contribution in [0.2, 0.25) is 0 Å². The predicted molar refractivity (Wildman–Crippen MR) is 65.4 cm³/mol. The van der Waals surface area contributed by atoms with E-state index in [0.717, 1.165) is 23.4 Å². The highest BCUT2D eigenvalue weighted by molar-refractivity contribution is 7.99. The lowest BCUT2D eigenvalue weighted by Crippen LogP contribution is -1.92. The van der Waals surface area contributed by atoms with E-state index in [4.69, 9.17) is 5.11 Å². The highest BCUT2D eigenvalue weighted by Gasteiger charge is 2.09. The molecule has 2 rings (SSSR count). The standard InChI is InChI=1S/C13H11F2NOS/c1-8-4-9(7-17)6-16-13(8)18-12-3-2-10(14)5-11(12)15/h2-6,17H,7H2,1H3. The van der Waals surface area contributed by atoms with Gasteiger partial charge in [0, 0.05) is 17.2 Å². The Hall–Kier alpha value is -1.46. The molecule has 2 aromatic rings. The van der Waals surface area contributed by atoms with Gasteiger partial charge in [0.1, 0.15) is 16.7 Å². The fraction of sp³-hybridized carbons (Fsp3) is 0.154. The smallest absolute Gasteiger partial charge is 0.140 e. The molecule has 5 heteroatoms. The molecule has 0 amide bonds. The fourth-order valence-corrected chi connectivity index (χ4v) is 2.30. The maximum Gasteiger partial charge on any atom is 0.140 e. The van der Waals surface area contributed by atoms with Crippen LogP contribution in [-0.4, -0.2) is 10.1 Å². The quantitative estimate of drug-likeness (QED) is 0.926. The van der Waals surface area contributed by atoms with Crippen LogP contribution in [0, 0.1) is 18.6 Å². The summed E-state index contributed by atoms with van der Waals surface area (Å²) in [7, 11) is 0. The molecule has 0 saturated carbocycles. The zero-order chi connectivity index (χ0) is 13.1. The first-order valence-electron chi connectivity index (χ1n) is 5.29. The number of halogens is 2. The van der Waals surface area contributed by atoms with Gasteiger partial charge in [-0.2, -0.15) is 0 Å². The maximum absolute atomic E-state index is 13.5. The molecule has 0 fully saturated rings. The Morgan fingerprint density at radius 3 is 2.67 bits per heavy atom. The van der Waals surface area contributed by atoms with E-state index in [0.29, 0.717) is 15.5 Å². The Labute approximate surface area is 108 Å². The van der Waals surface area contributed by atoms with Gasteiger partial charge in [-0.1, -0.05) is 11.8 Å². The Bertz CT molecular complexity index is 575. The molecule has 0 saturated heterocycles. The summed E-state index contributed by atoms with van der Waals surface area (Å²) in [5, 5.41) is 9.61. The molecule has 1 aromatic carbocycles. The molecule has 0 radical (unpaired) electrons. The van der Waals surface area contributed by atoms with Crippen LogP contribution in [0.4, 0.5) is 8.78 Å². The third kappa shape index (κ3) is 2.86. The Kier molecular flexibility index (Phi) is 3.93. The monoisotopic (exact) mass is 267 g/mol. The summed E-state index contributed by atoms with van der Waals surface area (Å²) in [4.78, 5) is 4.47. The van der Waals surface area contributed by atoms with Crippen LogP contribution >= 0.6 is 11.8 Å². The lowest BCUT2D eigenvalue weighted by Gasteiger charge is -2.06. The predicted octanol–water partition coefficient (Wildman–Crippen LogP) is 3.31. The van der Waals surface area contributed by atoms with Crippen molar-refractivity contribution in [3.05, 3.63) is 53.2 Å². The van der Waals surface area contributed by atoms with Gasteiger partial charge >= 0.3 is 0 Å². The van der Waals surface area contributed by atoms with Crippen molar-refractivity contribution >= 4 is 11.8 Å². The lowest BCUT2D eigenvalue weighted by atomic mass is 10.2. The highest BCUT2D eigenvalue weighted by atomic mass is 32.2. The van der Waals surface area contributed by atoms with Crippen molar-refractivity contribution in [2.45, 2.75) is 23.5 Å². The van der Waals surface area contributed by atoms with Gasteiger partial charge in [-0.15, -0.1) is 0 Å². The van der Waals surface area contributed by atoms with E-state index >= 15 is 0 Å². The Morgan fingerprint density at radius 1 is 1.28 bits per heavy atom. The first-order chi connectivity index (χ1) is 8.60. The molecule has 18 heavy (non-hydrogen) atoms. The summed E-state index contributed by atoms with van der Waals surface area (Å²) in [6, 6.07) is 5.23. The molecule has 94 valence electrons. The van der Waals surface area contributed by atoms with Crippen LogP contribution in [0.1, 0.15) is 11.1 Å². The molecule has 0 spiro atoms. The first kappa shape index (κ1) is 13.0. The van der Waals surface area contributed by atoms with Crippen molar-refractivity contribution in [2.75, 3.05) is 0 Å².